The van der Waals surface area contributed by atoms with Gasteiger partial charge in [0.15, 0.2) is 0 Å². The van der Waals surface area contributed by atoms with Crippen molar-refractivity contribution in [3.05, 3.63) is 17.0 Å². The highest BCUT2D eigenvalue weighted by molar-refractivity contribution is 7.91. The van der Waals surface area contributed by atoms with Crippen molar-refractivity contribution in [2.75, 3.05) is 6.54 Å². The van der Waals surface area contributed by atoms with Gasteiger partial charge >= 0.3 is 0 Å². The zero-order valence-electron chi connectivity index (χ0n) is 11.0. The van der Waals surface area contributed by atoms with Crippen LogP contribution in [0.25, 0.3) is 0 Å². The summed E-state index contributed by atoms with van der Waals surface area (Å²) in [4.78, 5) is 1.01. The summed E-state index contributed by atoms with van der Waals surface area (Å²) in [5.74, 6) is 0.273. The van der Waals surface area contributed by atoms with Crippen LogP contribution in [0.5, 0.6) is 0 Å². The molecule has 110 valence electrons. The minimum Gasteiger partial charge on any atom is -0.330 e. The third-order valence-electron chi connectivity index (χ3n) is 3.50. The third-order valence-corrected chi connectivity index (χ3v) is 6.48. The largest absolute Gasteiger partial charge is 0.330 e. The number of hydrogen-bond acceptors (Lipinski definition) is 4. The van der Waals surface area contributed by atoms with Crippen LogP contribution in [0.4, 0.5) is 0 Å². The Labute approximate surface area is 125 Å². The molecule has 0 aromatic carbocycles. The van der Waals surface area contributed by atoms with E-state index in [2.05, 4.69) is 4.72 Å². The first-order valence-electron chi connectivity index (χ1n) is 6.32. The standard InChI is InChI=1S/C12H20N2O2S2.ClH/c1-9-6-7-12(17-9)18(15,16)14-11-5-3-2-4-10(11)8-13;/h6-7,10-11,14H,2-5,8,13H2,1H3;1H. The number of thiophene rings is 1. The molecule has 2 unspecified atom stereocenters. The minimum absolute atomic E-state index is 0. The van der Waals surface area contributed by atoms with E-state index in [0.29, 0.717) is 10.8 Å². The maximum absolute atomic E-state index is 12.2. The predicted molar refractivity (Wildman–Crippen MR) is 81.4 cm³/mol. The number of nitrogens with one attached hydrogen (secondary N) is 1. The lowest BCUT2D eigenvalue weighted by atomic mass is 9.85. The third kappa shape index (κ3) is 4.16. The van der Waals surface area contributed by atoms with Gasteiger partial charge in [-0.3, -0.25) is 0 Å². The highest BCUT2D eigenvalue weighted by Crippen LogP contribution is 2.26. The van der Waals surface area contributed by atoms with Crippen LogP contribution in [0, 0.1) is 12.8 Å². The number of hydrogen-bond donors (Lipinski definition) is 2. The van der Waals surface area contributed by atoms with Gasteiger partial charge in [0.25, 0.3) is 0 Å². The fourth-order valence-electron chi connectivity index (χ4n) is 2.46. The Bertz CT molecular complexity index is 502. The van der Waals surface area contributed by atoms with Crippen LogP contribution in [0.1, 0.15) is 30.6 Å². The zero-order valence-corrected chi connectivity index (χ0v) is 13.4. The monoisotopic (exact) mass is 324 g/mol. The van der Waals surface area contributed by atoms with E-state index >= 15 is 0 Å². The number of sulfonamides is 1. The van der Waals surface area contributed by atoms with Crippen LogP contribution >= 0.6 is 23.7 Å². The number of aryl methyl sites for hydroxylation is 1. The normalized spacial score (nSPS) is 23.9. The van der Waals surface area contributed by atoms with Gasteiger partial charge in [0.2, 0.25) is 10.0 Å². The van der Waals surface area contributed by atoms with E-state index in [1.54, 1.807) is 6.07 Å². The number of halogens is 1. The van der Waals surface area contributed by atoms with Gasteiger partial charge in [-0.15, -0.1) is 23.7 Å². The lowest BCUT2D eigenvalue weighted by Gasteiger charge is -2.30. The zero-order chi connectivity index (χ0) is 13.2. The summed E-state index contributed by atoms with van der Waals surface area (Å²) in [6.45, 7) is 2.46. The van der Waals surface area contributed by atoms with Crippen molar-refractivity contribution >= 4 is 33.8 Å². The fourth-order valence-corrected chi connectivity index (χ4v) is 5.10. The predicted octanol–water partition coefficient (Wildman–Crippen LogP) is 2.27. The lowest BCUT2D eigenvalue weighted by Crippen LogP contribution is -2.44. The molecule has 2 rings (SSSR count). The molecular formula is C12H21ClN2O2S2. The Morgan fingerprint density at radius 2 is 2.05 bits per heavy atom. The van der Waals surface area contributed by atoms with E-state index in [9.17, 15) is 8.42 Å². The molecule has 0 bridgehead atoms. The highest BCUT2D eigenvalue weighted by Gasteiger charge is 2.29. The van der Waals surface area contributed by atoms with E-state index in [4.69, 9.17) is 5.73 Å². The van der Waals surface area contributed by atoms with Crippen molar-refractivity contribution < 1.29 is 8.42 Å². The summed E-state index contributed by atoms with van der Waals surface area (Å²) in [6, 6.07) is 3.50. The molecular weight excluding hydrogens is 304 g/mol. The maximum atomic E-state index is 12.2. The van der Waals surface area contributed by atoms with Crippen molar-refractivity contribution in [1.82, 2.24) is 4.72 Å². The van der Waals surface area contributed by atoms with Crippen molar-refractivity contribution in [2.45, 2.75) is 42.9 Å². The molecule has 1 aromatic rings. The van der Waals surface area contributed by atoms with Gasteiger partial charge in [0.1, 0.15) is 4.21 Å². The molecule has 7 heteroatoms. The lowest BCUT2D eigenvalue weighted by molar-refractivity contribution is 0.296. The molecule has 3 N–H and O–H groups in total. The molecule has 1 saturated carbocycles. The highest BCUT2D eigenvalue weighted by atomic mass is 35.5. The molecule has 1 fully saturated rings. The second-order valence-electron chi connectivity index (χ2n) is 4.87. The topological polar surface area (TPSA) is 72.2 Å². The van der Waals surface area contributed by atoms with Crippen LogP contribution in [-0.4, -0.2) is 21.0 Å². The van der Waals surface area contributed by atoms with Gasteiger partial charge < -0.3 is 5.73 Å². The van der Waals surface area contributed by atoms with Crippen molar-refractivity contribution in [1.29, 1.82) is 0 Å². The van der Waals surface area contributed by atoms with E-state index < -0.39 is 10.0 Å². The van der Waals surface area contributed by atoms with Crippen LogP contribution in [-0.2, 0) is 10.0 Å². The first-order valence-corrected chi connectivity index (χ1v) is 8.62. The molecule has 1 aliphatic carbocycles. The summed E-state index contributed by atoms with van der Waals surface area (Å²) >= 11 is 1.31. The summed E-state index contributed by atoms with van der Waals surface area (Å²) in [5.41, 5.74) is 5.72. The van der Waals surface area contributed by atoms with Gasteiger partial charge in [-0.05, 0) is 44.4 Å². The maximum Gasteiger partial charge on any atom is 0.250 e. The molecule has 2 atom stereocenters. The van der Waals surface area contributed by atoms with Crippen molar-refractivity contribution in [3.63, 3.8) is 0 Å². The average molecular weight is 325 g/mol. The summed E-state index contributed by atoms with van der Waals surface area (Å²) in [5, 5.41) is 0. The van der Waals surface area contributed by atoms with Crippen LogP contribution < -0.4 is 10.5 Å². The smallest absolute Gasteiger partial charge is 0.250 e. The average Bonchev–Trinajstić information content (AvgIpc) is 2.77. The molecule has 0 spiro atoms. The van der Waals surface area contributed by atoms with Crippen LogP contribution in [0.15, 0.2) is 16.3 Å². The Morgan fingerprint density at radius 3 is 2.63 bits per heavy atom. The van der Waals surface area contributed by atoms with E-state index in [0.717, 1.165) is 30.6 Å². The van der Waals surface area contributed by atoms with Crippen LogP contribution in [0.2, 0.25) is 0 Å². The molecule has 1 heterocycles. The van der Waals surface area contributed by atoms with Gasteiger partial charge in [0, 0.05) is 10.9 Å². The summed E-state index contributed by atoms with van der Waals surface area (Å²) < 4.78 is 27.7. The fraction of sp³-hybridized carbons (Fsp3) is 0.667. The van der Waals surface area contributed by atoms with Crippen molar-refractivity contribution in [2.24, 2.45) is 11.7 Å². The van der Waals surface area contributed by atoms with Gasteiger partial charge in [-0.2, -0.15) is 0 Å². The second-order valence-corrected chi connectivity index (χ2v) is 8.10. The SMILES string of the molecule is Cc1ccc(S(=O)(=O)NC2CCCCC2CN)s1.Cl. The van der Waals surface area contributed by atoms with Crippen molar-refractivity contribution in [3.8, 4) is 0 Å². The molecule has 0 aliphatic heterocycles. The summed E-state index contributed by atoms with van der Waals surface area (Å²) in [7, 11) is -3.37. The number of rotatable bonds is 4. The van der Waals surface area contributed by atoms with Crippen LogP contribution in [0.3, 0.4) is 0 Å². The van der Waals surface area contributed by atoms with Gasteiger partial charge in [-0.1, -0.05) is 12.8 Å². The second kappa shape index (κ2) is 7.04. The quantitative estimate of drug-likeness (QED) is 0.892. The minimum atomic E-state index is -3.37. The Morgan fingerprint density at radius 1 is 1.37 bits per heavy atom. The first-order chi connectivity index (χ1) is 8.53. The molecule has 1 aliphatic rings. The Kier molecular flexibility index (Phi) is 6.26. The van der Waals surface area contributed by atoms with Gasteiger partial charge in [0.05, 0.1) is 0 Å². The molecule has 0 amide bonds. The van der Waals surface area contributed by atoms with E-state index in [1.807, 2.05) is 13.0 Å². The first kappa shape index (κ1) is 16.9. The van der Waals surface area contributed by atoms with Gasteiger partial charge in [-0.25, -0.2) is 13.1 Å². The Balaban J connectivity index is 0.00000180. The molecule has 0 radical (unpaired) electrons. The summed E-state index contributed by atoms with van der Waals surface area (Å²) in [6.07, 6.45) is 4.14. The Hall–Kier alpha value is -0.140. The molecule has 4 nitrogen and oxygen atoms in total. The number of nitrogens with two attached hydrogens (primary N) is 1. The van der Waals surface area contributed by atoms with E-state index in [1.165, 1.54) is 11.3 Å². The molecule has 0 saturated heterocycles. The molecule has 19 heavy (non-hydrogen) atoms. The van der Waals surface area contributed by atoms with E-state index in [-0.39, 0.29) is 24.4 Å². The molecule has 1 aromatic heterocycles.